The normalized spacial score (nSPS) is 24.1. The molecule has 1 aromatic rings. The molecule has 1 spiro atoms. The fourth-order valence-corrected chi connectivity index (χ4v) is 4.49. The Hall–Kier alpha value is -1.89. The Morgan fingerprint density at radius 3 is 2.69 bits per heavy atom. The van der Waals surface area contributed by atoms with E-state index in [-0.39, 0.29) is 35.7 Å². The predicted octanol–water partition coefficient (Wildman–Crippen LogP) is 1.95. The fourth-order valence-electron chi connectivity index (χ4n) is 4.49. The van der Waals surface area contributed by atoms with Crippen LogP contribution in [0.1, 0.15) is 24.8 Å². The standard InChI is InChI=1S/C22H29N3O3.ClH/c26-20-15-22(17-25(20)11-4-7-18-5-2-1-3-6-18)8-12-24(13-9-22)21(27)19-16-23-10-14-28-19;/h1-7,19,23H,8-17H2;1H. The van der Waals surface area contributed by atoms with Crippen molar-refractivity contribution in [2.45, 2.75) is 25.4 Å². The number of nitrogens with one attached hydrogen (secondary N) is 1. The zero-order valence-corrected chi connectivity index (χ0v) is 17.5. The van der Waals surface area contributed by atoms with E-state index in [9.17, 15) is 9.59 Å². The molecule has 4 rings (SSSR count). The Balaban J connectivity index is 0.00000240. The number of benzene rings is 1. The highest BCUT2D eigenvalue weighted by Crippen LogP contribution is 2.41. The lowest BCUT2D eigenvalue weighted by Gasteiger charge is -2.40. The fraction of sp³-hybridized carbons (Fsp3) is 0.545. The summed E-state index contributed by atoms with van der Waals surface area (Å²) in [6.45, 7) is 4.89. The van der Waals surface area contributed by atoms with Crippen LogP contribution < -0.4 is 5.32 Å². The van der Waals surface area contributed by atoms with E-state index in [4.69, 9.17) is 4.74 Å². The second-order valence-electron chi connectivity index (χ2n) is 8.15. The van der Waals surface area contributed by atoms with Crippen LogP contribution in [0.3, 0.4) is 0 Å². The van der Waals surface area contributed by atoms with Crippen LogP contribution >= 0.6 is 12.4 Å². The minimum atomic E-state index is -0.354. The van der Waals surface area contributed by atoms with E-state index in [0.29, 0.717) is 26.1 Å². The monoisotopic (exact) mass is 419 g/mol. The molecule has 158 valence electrons. The first-order valence-electron chi connectivity index (χ1n) is 10.3. The maximum atomic E-state index is 12.6. The van der Waals surface area contributed by atoms with Gasteiger partial charge in [0.1, 0.15) is 6.10 Å². The van der Waals surface area contributed by atoms with E-state index in [1.165, 1.54) is 0 Å². The number of morpholine rings is 1. The van der Waals surface area contributed by atoms with Crippen molar-refractivity contribution in [3.05, 3.63) is 42.0 Å². The average Bonchev–Trinajstić information content (AvgIpc) is 3.04. The molecule has 1 unspecified atom stereocenters. The van der Waals surface area contributed by atoms with Gasteiger partial charge in [0.25, 0.3) is 5.91 Å². The molecule has 7 heteroatoms. The van der Waals surface area contributed by atoms with Gasteiger partial charge in [0, 0.05) is 51.1 Å². The van der Waals surface area contributed by atoms with Gasteiger partial charge in [0.2, 0.25) is 5.91 Å². The van der Waals surface area contributed by atoms with E-state index in [2.05, 4.69) is 29.6 Å². The molecule has 0 bridgehead atoms. The van der Waals surface area contributed by atoms with Gasteiger partial charge in [-0.2, -0.15) is 0 Å². The van der Waals surface area contributed by atoms with Crippen LogP contribution in [0.25, 0.3) is 6.08 Å². The molecule has 6 nitrogen and oxygen atoms in total. The predicted molar refractivity (Wildman–Crippen MR) is 115 cm³/mol. The first-order chi connectivity index (χ1) is 13.7. The van der Waals surface area contributed by atoms with E-state index in [1.54, 1.807) is 0 Å². The minimum absolute atomic E-state index is 0. The number of nitrogens with zero attached hydrogens (tertiary/aromatic N) is 2. The molecule has 0 saturated carbocycles. The number of rotatable bonds is 4. The van der Waals surface area contributed by atoms with Gasteiger partial charge in [0.05, 0.1) is 6.61 Å². The van der Waals surface area contributed by atoms with Crippen LogP contribution in [0.15, 0.2) is 36.4 Å². The molecule has 3 heterocycles. The van der Waals surface area contributed by atoms with Gasteiger partial charge in [0.15, 0.2) is 0 Å². The molecule has 3 aliphatic rings. The zero-order valence-electron chi connectivity index (χ0n) is 16.7. The van der Waals surface area contributed by atoms with Crippen molar-refractivity contribution in [2.75, 3.05) is 45.9 Å². The van der Waals surface area contributed by atoms with Crippen LogP contribution in [0.4, 0.5) is 0 Å². The van der Waals surface area contributed by atoms with E-state index in [1.807, 2.05) is 28.0 Å². The second kappa shape index (κ2) is 9.74. The highest BCUT2D eigenvalue weighted by atomic mass is 35.5. The summed E-state index contributed by atoms with van der Waals surface area (Å²) in [5.74, 6) is 0.325. The first-order valence-corrected chi connectivity index (χ1v) is 10.3. The van der Waals surface area contributed by atoms with Gasteiger partial charge >= 0.3 is 0 Å². The summed E-state index contributed by atoms with van der Waals surface area (Å²) in [5.41, 5.74) is 1.18. The van der Waals surface area contributed by atoms with Gasteiger partial charge in [-0.1, -0.05) is 42.5 Å². The number of hydrogen-bond donors (Lipinski definition) is 1. The van der Waals surface area contributed by atoms with Gasteiger partial charge in [-0.15, -0.1) is 12.4 Å². The third-order valence-corrected chi connectivity index (χ3v) is 6.18. The van der Waals surface area contributed by atoms with Gasteiger partial charge < -0.3 is 19.9 Å². The maximum Gasteiger partial charge on any atom is 0.253 e. The lowest BCUT2D eigenvalue weighted by Crippen LogP contribution is -2.52. The zero-order chi connectivity index (χ0) is 19.4. The van der Waals surface area contributed by atoms with Crippen LogP contribution in [-0.2, 0) is 14.3 Å². The minimum Gasteiger partial charge on any atom is -0.366 e. The molecule has 3 saturated heterocycles. The van der Waals surface area contributed by atoms with Crippen LogP contribution in [0.2, 0.25) is 0 Å². The second-order valence-corrected chi connectivity index (χ2v) is 8.15. The number of carbonyl (C=O) groups excluding carboxylic acids is 2. The summed E-state index contributed by atoms with van der Waals surface area (Å²) in [4.78, 5) is 29.1. The first kappa shape index (κ1) is 21.8. The average molecular weight is 420 g/mol. The number of hydrogen-bond acceptors (Lipinski definition) is 4. The van der Waals surface area contributed by atoms with E-state index in [0.717, 1.165) is 44.6 Å². The Labute approximate surface area is 178 Å². The molecule has 1 N–H and O–H groups in total. The number of halogens is 1. The number of amides is 2. The quantitative estimate of drug-likeness (QED) is 0.810. The number of piperidine rings is 1. The highest BCUT2D eigenvalue weighted by Gasteiger charge is 2.45. The summed E-state index contributed by atoms with van der Waals surface area (Å²) in [7, 11) is 0. The van der Waals surface area contributed by atoms with E-state index < -0.39 is 0 Å². The summed E-state index contributed by atoms with van der Waals surface area (Å²) in [6.07, 6.45) is 6.17. The SMILES string of the molecule is Cl.O=C1CC2(CCN(C(=O)C3CNCCO3)CC2)CN1CC=Cc1ccccc1. The van der Waals surface area contributed by atoms with Crippen molar-refractivity contribution in [2.24, 2.45) is 5.41 Å². The smallest absolute Gasteiger partial charge is 0.253 e. The largest absolute Gasteiger partial charge is 0.366 e. The molecule has 3 fully saturated rings. The number of ether oxygens (including phenoxy) is 1. The Bertz CT molecular complexity index is 726. The van der Waals surface area contributed by atoms with Gasteiger partial charge in [-0.3, -0.25) is 9.59 Å². The summed E-state index contributed by atoms with van der Waals surface area (Å²) < 4.78 is 5.60. The maximum absolute atomic E-state index is 12.6. The lowest BCUT2D eigenvalue weighted by atomic mass is 9.77. The van der Waals surface area contributed by atoms with Crippen molar-refractivity contribution in [1.29, 1.82) is 0 Å². The summed E-state index contributed by atoms with van der Waals surface area (Å²) >= 11 is 0. The van der Waals surface area contributed by atoms with Crippen LogP contribution in [0, 0.1) is 5.41 Å². The van der Waals surface area contributed by atoms with Gasteiger partial charge in [-0.05, 0) is 18.4 Å². The van der Waals surface area contributed by atoms with Crippen LogP contribution in [-0.4, -0.2) is 73.6 Å². The molecule has 29 heavy (non-hydrogen) atoms. The van der Waals surface area contributed by atoms with Crippen molar-refractivity contribution in [1.82, 2.24) is 15.1 Å². The Morgan fingerprint density at radius 1 is 1.24 bits per heavy atom. The highest BCUT2D eigenvalue weighted by molar-refractivity contribution is 5.85. The Kier molecular flexibility index (Phi) is 7.33. The molecule has 1 aromatic carbocycles. The molecular formula is C22H30ClN3O3. The lowest BCUT2D eigenvalue weighted by molar-refractivity contribution is -0.147. The molecule has 3 aliphatic heterocycles. The third-order valence-electron chi connectivity index (χ3n) is 6.18. The molecular weight excluding hydrogens is 390 g/mol. The van der Waals surface area contributed by atoms with Crippen molar-refractivity contribution < 1.29 is 14.3 Å². The molecule has 0 aromatic heterocycles. The summed E-state index contributed by atoms with van der Waals surface area (Å²) in [6, 6.07) is 10.1. The summed E-state index contributed by atoms with van der Waals surface area (Å²) in [5, 5.41) is 3.22. The molecule has 1 atom stereocenters. The van der Waals surface area contributed by atoms with Crippen LogP contribution in [0.5, 0.6) is 0 Å². The number of likely N-dealkylation sites (tertiary alicyclic amines) is 2. The molecule has 0 aliphatic carbocycles. The van der Waals surface area contributed by atoms with Crippen molar-refractivity contribution >= 4 is 30.3 Å². The van der Waals surface area contributed by atoms with Crippen molar-refractivity contribution in [3.8, 4) is 0 Å². The third kappa shape index (κ3) is 5.18. The van der Waals surface area contributed by atoms with E-state index >= 15 is 0 Å². The topological polar surface area (TPSA) is 61.9 Å². The van der Waals surface area contributed by atoms with Gasteiger partial charge in [-0.25, -0.2) is 0 Å². The van der Waals surface area contributed by atoms with Crippen molar-refractivity contribution in [3.63, 3.8) is 0 Å². The Morgan fingerprint density at radius 2 is 2.00 bits per heavy atom. The number of carbonyl (C=O) groups is 2. The molecule has 2 amide bonds. The molecule has 0 radical (unpaired) electrons.